The molecule has 0 aromatic rings. The molecule has 16 heavy (non-hydrogen) atoms. The first-order chi connectivity index (χ1) is 7.59. The number of nitrogens with one attached hydrogen (secondary N) is 1. The molecule has 0 aromatic carbocycles. The van der Waals surface area contributed by atoms with Gasteiger partial charge in [-0.15, -0.1) is 0 Å². The molecule has 1 heterocycles. The third-order valence-corrected chi connectivity index (χ3v) is 2.75. The lowest BCUT2D eigenvalue weighted by Crippen LogP contribution is -2.63. The Morgan fingerprint density at radius 2 is 2.25 bits per heavy atom. The van der Waals surface area contributed by atoms with E-state index in [0.29, 0.717) is 32.8 Å². The first-order valence-electron chi connectivity index (χ1n) is 5.80. The molecular formula is C11H22N2O3. The molecule has 1 saturated heterocycles. The summed E-state index contributed by atoms with van der Waals surface area (Å²) in [6.07, 6.45) is 1.79. The molecule has 0 bridgehead atoms. The van der Waals surface area contributed by atoms with Crippen LogP contribution >= 0.6 is 0 Å². The lowest BCUT2D eigenvalue weighted by molar-refractivity contribution is -0.133. The van der Waals surface area contributed by atoms with Gasteiger partial charge in [0.1, 0.15) is 0 Å². The van der Waals surface area contributed by atoms with Crippen molar-refractivity contribution in [1.82, 2.24) is 10.2 Å². The average Bonchev–Trinajstić information content (AvgIpc) is 2.16. The highest BCUT2D eigenvalue weighted by molar-refractivity contribution is 5.78. The molecular weight excluding hydrogens is 208 g/mol. The molecule has 0 spiro atoms. The van der Waals surface area contributed by atoms with Gasteiger partial charge in [-0.1, -0.05) is 13.3 Å². The van der Waals surface area contributed by atoms with Crippen molar-refractivity contribution < 1.29 is 14.6 Å². The van der Waals surface area contributed by atoms with Crippen LogP contribution in [0.15, 0.2) is 0 Å². The van der Waals surface area contributed by atoms with E-state index < -0.39 is 5.60 Å². The lowest BCUT2D eigenvalue weighted by atomic mass is 9.89. The molecule has 1 amide bonds. The Kier molecular flexibility index (Phi) is 5.18. The maximum absolute atomic E-state index is 11.4. The van der Waals surface area contributed by atoms with Gasteiger partial charge in [0.2, 0.25) is 5.91 Å². The van der Waals surface area contributed by atoms with Crippen molar-refractivity contribution in [2.24, 2.45) is 0 Å². The highest BCUT2D eigenvalue weighted by atomic mass is 16.5. The molecule has 5 nitrogen and oxygen atoms in total. The second-order valence-electron chi connectivity index (χ2n) is 4.46. The fraction of sp³-hybridized carbons (Fsp3) is 0.909. The molecule has 0 unspecified atom stereocenters. The van der Waals surface area contributed by atoms with Crippen molar-refractivity contribution in [3.8, 4) is 0 Å². The molecule has 2 N–H and O–H groups in total. The van der Waals surface area contributed by atoms with Crippen LogP contribution in [0.3, 0.4) is 0 Å². The Hall–Kier alpha value is -0.650. The van der Waals surface area contributed by atoms with Crippen LogP contribution in [0.5, 0.6) is 0 Å². The number of carbonyl (C=O) groups excluding carboxylic acids is 1. The number of ether oxygens (including phenoxy) is 1. The fourth-order valence-corrected chi connectivity index (χ4v) is 2.07. The van der Waals surface area contributed by atoms with Crippen LogP contribution in [0.1, 0.15) is 19.8 Å². The average molecular weight is 230 g/mol. The Bertz CT molecular complexity index is 227. The van der Waals surface area contributed by atoms with Gasteiger partial charge in [0.25, 0.3) is 0 Å². The van der Waals surface area contributed by atoms with Crippen molar-refractivity contribution in [2.45, 2.75) is 25.4 Å². The van der Waals surface area contributed by atoms with Crippen molar-refractivity contribution >= 4 is 5.91 Å². The number of likely N-dealkylation sites (tertiary alicyclic amines) is 1. The van der Waals surface area contributed by atoms with Gasteiger partial charge in [-0.05, 0) is 6.42 Å². The first kappa shape index (κ1) is 13.4. The van der Waals surface area contributed by atoms with Crippen LogP contribution in [0.25, 0.3) is 0 Å². The molecule has 0 saturated carbocycles. The predicted octanol–water partition coefficient (Wildman–Crippen LogP) is -0.404. The Morgan fingerprint density at radius 3 is 2.81 bits per heavy atom. The largest absolute Gasteiger partial charge is 0.387 e. The van der Waals surface area contributed by atoms with E-state index in [9.17, 15) is 9.90 Å². The Morgan fingerprint density at radius 1 is 1.56 bits per heavy atom. The highest BCUT2D eigenvalue weighted by Gasteiger charge is 2.40. The second-order valence-corrected chi connectivity index (χ2v) is 4.46. The van der Waals surface area contributed by atoms with Crippen molar-refractivity contribution in [2.75, 3.05) is 39.9 Å². The van der Waals surface area contributed by atoms with Crippen LogP contribution in [-0.4, -0.2) is 61.4 Å². The number of hydrogen-bond donors (Lipinski definition) is 2. The molecule has 0 atom stereocenters. The molecule has 1 rings (SSSR count). The molecule has 1 fully saturated rings. The highest BCUT2D eigenvalue weighted by Crippen LogP contribution is 2.24. The smallest absolute Gasteiger partial charge is 0.234 e. The minimum atomic E-state index is -0.554. The van der Waals surface area contributed by atoms with Gasteiger partial charge in [-0.25, -0.2) is 0 Å². The number of rotatable bonds is 7. The summed E-state index contributed by atoms with van der Waals surface area (Å²) in [6, 6.07) is 0. The summed E-state index contributed by atoms with van der Waals surface area (Å²) >= 11 is 0. The zero-order chi connectivity index (χ0) is 12.0. The van der Waals surface area contributed by atoms with Crippen molar-refractivity contribution in [3.63, 3.8) is 0 Å². The van der Waals surface area contributed by atoms with Gasteiger partial charge in [-0.3, -0.25) is 9.69 Å². The zero-order valence-corrected chi connectivity index (χ0v) is 10.2. The zero-order valence-electron chi connectivity index (χ0n) is 10.2. The van der Waals surface area contributed by atoms with E-state index in [-0.39, 0.29) is 5.91 Å². The van der Waals surface area contributed by atoms with E-state index in [1.54, 1.807) is 7.11 Å². The van der Waals surface area contributed by atoms with Gasteiger partial charge < -0.3 is 15.2 Å². The number of aliphatic hydroxyl groups is 1. The molecule has 0 radical (unpaired) electrons. The molecule has 5 heteroatoms. The minimum absolute atomic E-state index is 0.00408. The van der Waals surface area contributed by atoms with E-state index >= 15 is 0 Å². The summed E-state index contributed by atoms with van der Waals surface area (Å²) in [5, 5.41) is 12.7. The Labute approximate surface area is 96.8 Å². The maximum atomic E-state index is 11.4. The minimum Gasteiger partial charge on any atom is -0.387 e. The van der Waals surface area contributed by atoms with E-state index in [0.717, 1.165) is 12.8 Å². The number of methoxy groups -OCH3 is 1. The summed E-state index contributed by atoms with van der Waals surface area (Å²) in [5.74, 6) is -0.00408. The maximum Gasteiger partial charge on any atom is 0.234 e. The number of amides is 1. The second kappa shape index (κ2) is 6.18. The standard InChI is InChI=1S/C11H22N2O3/c1-3-4-11(15)8-13(9-11)7-10(14)12-5-6-16-2/h15H,3-9H2,1-2H3,(H,12,14). The lowest BCUT2D eigenvalue weighted by Gasteiger charge is -2.46. The van der Waals surface area contributed by atoms with Crippen LogP contribution in [0.4, 0.5) is 0 Å². The van der Waals surface area contributed by atoms with E-state index in [4.69, 9.17) is 4.74 Å². The summed E-state index contributed by atoms with van der Waals surface area (Å²) in [4.78, 5) is 13.4. The molecule has 1 aliphatic heterocycles. The summed E-state index contributed by atoms with van der Waals surface area (Å²) in [6.45, 7) is 4.72. The van der Waals surface area contributed by atoms with Gasteiger partial charge in [0, 0.05) is 26.7 Å². The Balaban J connectivity index is 2.09. The summed E-state index contributed by atoms with van der Waals surface area (Å²) in [7, 11) is 1.60. The monoisotopic (exact) mass is 230 g/mol. The van der Waals surface area contributed by atoms with Crippen LogP contribution in [0.2, 0.25) is 0 Å². The summed E-state index contributed by atoms with van der Waals surface area (Å²) < 4.78 is 4.83. The summed E-state index contributed by atoms with van der Waals surface area (Å²) in [5.41, 5.74) is -0.554. The molecule has 0 aliphatic carbocycles. The van der Waals surface area contributed by atoms with Gasteiger partial charge in [-0.2, -0.15) is 0 Å². The predicted molar refractivity (Wildman–Crippen MR) is 61.2 cm³/mol. The number of carbonyl (C=O) groups is 1. The third-order valence-electron chi connectivity index (χ3n) is 2.75. The first-order valence-corrected chi connectivity index (χ1v) is 5.80. The number of nitrogens with zero attached hydrogens (tertiary/aromatic N) is 1. The molecule has 1 aliphatic rings. The van der Waals surface area contributed by atoms with Gasteiger partial charge >= 0.3 is 0 Å². The van der Waals surface area contributed by atoms with Gasteiger partial charge in [0.15, 0.2) is 0 Å². The van der Waals surface area contributed by atoms with Crippen LogP contribution in [-0.2, 0) is 9.53 Å². The topological polar surface area (TPSA) is 61.8 Å². The number of β-amino-alcohol motifs (C(OH)–C–C–N with tert-alkyl or cyclic N) is 1. The van der Waals surface area contributed by atoms with E-state index in [1.807, 2.05) is 4.90 Å². The van der Waals surface area contributed by atoms with Crippen LogP contribution < -0.4 is 5.32 Å². The quantitative estimate of drug-likeness (QED) is 0.584. The SMILES string of the molecule is CCCC1(O)CN(CC(=O)NCCOC)C1. The normalized spacial score (nSPS) is 19.2. The van der Waals surface area contributed by atoms with Gasteiger partial charge in [0.05, 0.1) is 18.8 Å². The fourth-order valence-electron chi connectivity index (χ4n) is 2.07. The molecule has 94 valence electrons. The number of hydrogen-bond acceptors (Lipinski definition) is 4. The van der Waals surface area contributed by atoms with E-state index in [1.165, 1.54) is 0 Å². The van der Waals surface area contributed by atoms with Crippen molar-refractivity contribution in [3.05, 3.63) is 0 Å². The third kappa shape index (κ3) is 4.08. The molecule has 0 aromatic heterocycles. The van der Waals surface area contributed by atoms with Crippen LogP contribution in [0, 0.1) is 0 Å². The van der Waals surface area contributed by atoms with E-state index in [2.05, 4.69) is 12.2 Å². The van der Waals surface area contributed by atoms with Crippen molar-refractivity contribution in [1.29, 1.82) is 0 Å².